The molecule has 0 saturated heterocycles. The highest BCUT2D eigenvalue weighted by atomic mass is 14.9. The summed E-state index contributed by atoms with van der Waals surface area (Å²) in [6.45, 7) is 2.14. The molecular weight excluding hydrogens is 172 g/mol. The Balaban J connectivity index is 1.65. The van der Waals surface area contributed by atoms with Gasteiger partial charge in [0.15, 0.2) is 0 Å². The molecule has 1 heterocycles. The van der Waals surface area contributed by atoms with Gasteiger partial charge in [0.2, 0.25) is 0 Å². The lowest BCUT2D eigenvalue weighted by Crippen LogP contribution is -2.22. The van der Waals surface area contributed by atoms with E-state index in [1.807, 2.05) is 12.4 Å². The number of H-pyrrole nitrogens is 1. The second-order valence-electron chi connectivity index (χ2n) is 4.00. The van der Waals surface area contributed by atoms with E-state index in [1.165, 1.54) is 24.8 Å². The summed E-state index contributed by atoms with van der Waals surface area (Å²) in [5, 5.41) is 3.50. The molecule has 0 amide bonds. The summed E-state index contributed by atoms with van der Waals surface area (Å²) in [6.07, 6.45) is 12.5. The second-order valence-corrected chi connectivity index (χ2v) is 4.00. The average Bonchev–Trinajstić information content (AvgIpc) is 2.72. The predicted molar refractivity (Wildman–Crippen MR) is 59.0 cm³/mol. The third-order valence-electron chi connectivity index (χ3n) is 2.80. The van der Waals surface area contributed by atoms with Crippen molar-refractivity contribution in [3.8, 4) is 0 Å². The molecule has 0 bridgehead atoms. The number of hydrogen-bond acceptors (Lipinski definition) is 1. The van der Waals surface area contributed by atoms with Crippen LogP contribution >= 0.6 is 0 Å². The first-order valence-electron chi connectivity index (χ1n) is 5.42. The Morgan fingerprint density at radius 3 is 3.14 bits per heavy atom. The zero-order valence-electron chi connectivity index (χ0n) is 8.50. The number of rotatable bonds is 4. The highest BCUT2D eigenvalue weighted by Gasteiger charge is 2.08. The predicted octanol–water partition coefficient (Wildman–Crippen LogP) is 2.46. The van der Waals surface area contributed by atoms with Crippen LogP contribution in [0, 0.1) is 5.92 Å². The zero-order chi connectivity index (χ0) is 9.64. The molecule has 1 aliphatic rings. The van der Waals surface area contributed by atoms with Gasteiger partial charge in [-0.2, -0.15) is 0 Å². The van der Waals surface area contributed by atoms with Crippen molar-refractivity contribution in [1.82, 2.24) is 10.3 Å². The summed E-state index contributed by atoms with van der Waals surface area (Å²) < 4.78 is 0. The van der Waals surface area contributed by atoms with Gasteiger partial charge >= 0.3 is 0 Å². The Morgan fingerprint density at radius 2 is 2.43 bits per heavy atom. The van der Waals surface area contributed by atoms with Crippen LogP contribution in [0.15, 0.2) is 30.6 Å². The van der Waals surface area contributed by atoms with Crippen LogP contribution in [0.5, 0.6) is 0 Å². The van der Waals surface area contributed by atoms with Crippen LogP contribution in [0.25, 0.3) is 0 Å². The Labute approximate surface area is 85.4 Å². The summed E-state index contributed by atoms with van der Waals surface area (Å²) in [4.78, 5) is 3.07. The summed E-state index contributed by atoms with van der Waals surface area (Å²) in [6, 6.07) is 2.12. The van der Waals surface area contributed by atoms with Crippen molar-refractivity contribution in [2.45, 2.75) is 25.8 Å². The van der Waals surface area contributed by atoms with E-state index in [2.05, 4.69) is 28.5 Å². The molecule has 2 rings (SSSR count). The van der Waals surface area contributed by atoms with Crippen LogP contribution in [0.2, 0.25) is 0 Å². The maximum atomic E-state index is 3.50. The van der Waals surface area contributed by atoms with Gasteiger partial charge in [0.1, 0.15) is 0 Å². The molecule has 1 aliphatic carbocycles. The van der Waals surface area contributed by atoms with Crippen LogP contribution in [0.4, 0.5) is 0 Å². The van der Waals surface area contributed by atoms with Crippen molar-refractivity contribution in [3.63, 3.8) is 0 Å². The lowest BCUT2D eigenvalue weighted by molar-refractivity contribution is 0.440. The van der Waals surface area contributed by atoms with Gasteiger partial charge in [-0.05, 0) is 43.4 Å². The second kappa shape index (κ2) is 5.01. The van der Waals surface area contributed by atoms with E-state index in [0.29, 0.717) is 0 Å². The molecule has 0 fully saturated rings. The van der Waals surface area contributed by atoms with Crippen molar-refractivity contribution in [2.24, 2.45) is 5.92 Å². The van der Waals surface area contributed by atoms with E-state index >= 15 is 0 Å². The quantitative estimate of drug-likeness (QED) is 0.701. The van der Waals surface area contributed by atoms with Crippen molar-refractivity contribution >= 4 is 0 Å². The fourth-order valence-corrected chi connectivity index (χ4v) is 1.93. The lowest BCUT2D eigenvalue weighted by Gasteiger charge is -2.17. The number of nitrogens with one attached hydrogen (secondary N) is 2. The van der Waals surface area contributed by atoms with E-state index in [4.69, 9.17) is 0 Å². The molecule has 14 heavy (non-hydrogen) atoms. The van der Waals surface area contributed by atoms with Crippen molar-refractivity contribution in [2.75, 3.05) is 6.54 Å². The molecule has 0 aromatic carbocycles. The highest BCUT2D eigenvalue weighted by molar-refractivity contribution is 5.07. The zero-order valence-corrected chi connectivity index (χ0v) is 8.50. The van der Waals surface area contributed by atoms with Gasteiger partial charge in [-0.15, -0.1) is 0 Å². The van der Waals surface area contributed by atoms with Gasteiger partial charge in [-0.25, -0.2) is 0 Å². The molecule has 2 heteroatoms. The molecular formula is C12H18N2. The molecule has 2 nitrogen and oxygen atoms in total. The molecule has 1 unspecified atom stereocenters. The minimum Gasteiger partial charge on any atom is -0.367 e. The van der Waals surface area contributed by atoms with E-state index in [1.54, 1.807) is 0 Å². The van der Waals surface area contributed by atoms with Gasteiger partial charge in [0, 0.05) is 18.9 Å². The van der Waals surface area contributed by atoms with Gasteiger partial charge in [-0.1, -0.05) is 12.2 Å². The van der Waals surface area contributed by atoms with E-state index in [0.717, 1.165) is 19.0 Å². The van der Waals surface area contributed by atoms with E-state index in [-0.39, 0.29) is 0 Å². The molecule has 0 spiro atoms. The molecule has 1 aromatic heterocycles. The first kappa shape index (κ1) is 9.53. The van der Waals surface area contributed by atoms with Crippen LogP contribution in [0.1, 0.15) is 24.8 Å². The molecule has 0 saturated carbocycles. The Bertz CT molecular complexity index is 275. The largest absolute Gasteiger partial charge is 0.367 e. The number of aromatic nitrogens is 1. The fourth-order valence-electron chi connectivity index (χ4n) is 1.93. The van der Waals surface area contributed by atoms with Gasteiger partial charge < -0.3 is 10.3 Å². The Kier molecular flexibility index (Phi) is 3.41. The maximum absolute atomic E-state index is 3.50. The summed E-state index contributed by atoms with van der Waals surface area (Å²) >= 11 is 0. The fraction of sp³-hybridized carbons (Fsp3) is 0.500. The minimum absolute atomic E-state index is 0.846. The third kappa shape index (κ3) is 2.74. The van der Waals surface area contributed by atoms with E-state index in [9.17, 15) is 0 Å². The molecule has 1 atom stereocenters. The van der Waals surface area contributed by atoms with Gasteiger partial charge in [-0.3, -0.25) is 0 Å². The molecule has 2 N–H and O–H groups in total. The maximum Gasteiger partial charge on any atom is 0.0220 e. The molecule has 1 aromatic rings. The highest BCUT2D eigenvalue weighted by Crippen LogP contribution is 2.16. The first-order valence-corrected chi connectivity index (χ1v) is 5.42. The van der Waals surface area contributed by atoms with Crippen LogP contribution in [-0.4, -0.2) is 11.5 Å². The Hall–Kier alpha value is -1.02. The molecule has 0 radical (unpaired) electrons. The topological polar surface area (TPSA) is 27.8 Å². The number of aromatic amines is 1. The first-order chi connectivity index (χ1) is 6.95. The smallest absolute Gasteiger partial charge is 0.0220 e. The normalized spacial score (nSPS) is 21.3. The lowest BCUT2D eigenvalue weighted by atomic mass is 9.94. The molecule has 0 aliphatic heterocycles. The van der Waals surface area contributed by atoms with Crippen LogP contribution < -0.4 is 5.32 Å². The Morgan fingerprint density at radius 1 is 1.43 bits per heavy atom. The van der Waals surface area contributed by atoms with Crippen molar-refractivity contribution in [3.05, 3.63) is 36.2 Å². The SMILES string of the molecule is C1=CCC(CNCc2cc[nH]c2)CC1. The standard InChI is InChI=1S/C12H18N2/c1-2-4-11(5-3-1)8-14-10-12-6-7-13-9-12/h1-2,6-7,9,11,13-14H,3-5,8,10H2. The van der Waals surface area contributed by atoms with Crippen molar-refractivity contribution in [1.29, 1.82) is 0 Å². The monoisotopic (exact) mass is 190 g/mol. The molecule has 76 valence electrons. The van der Waals surface area contributed by atoms with E-state index < -0.39 is 0 Å². The summed E-state index contributed by atoms with van der Waals surface area (Å²) in [5.41, 5.74) is 1.34. The van der Waals surface area contributed by atoms with Crippen LogP contribution in [-0.2, 0) is 6.54 Å². The van der Waals surface area contributed by atoms with Gasteiger partial charge in [0.25, 0.3) is 0 Å². The minimum atomic E-state index is 0.846. The third-order valence-corrected chi connectivity index (χ3v) is 2.80. The average molecular weight is 190 g/mol. The van der Waals surface area contributed by atoms with Gasteiger partial charge in [0.05, 0.1) is 0 Å². The number of hydrogen-bond donors (Lipinski definition) is 2. The summed E-state index contributed by atoms with van der Waals surface area (Å²) in [5.74, 6) is 0.846. The summed E-state index contributed by atoms with van der Waals surface area (Å²) in [7, 11) is 0. The van der Waals surface area contributed by atoms with Crippen LogP contribution in [0.3, 0.4) is 0 Å². The van der Waals surface area contributed by atoms with Crippen molar-refractivity contribution < 1.29 is 0 Å². The number of allylic oxidation sites excluding steroid dienone is 2.